The highest BCUT2D eigenvalue weighted by molar-refractivity contribution is 6.22. The summed E-state index contributed by atoms with van der Waals surface area (Å²) in [6.07, 6.45) is 0. The third-order valence-electron chi connectivity index (χ3n) is 9.18. The van der Waals surface area contributed by atoms with Gasteiger partial charge in [-0.25, -0.2) is 9.97 Å². The van der Waals surface area contributed by atoms with Gasteiger partial charge in [0.05, 0.1) is 22.2 Å². The molecule has 3 heterocycles. The molecule has 0 fully saturated rings. The summed E-state index contributed by atoms with van der Waals surface area (Å²) in [6.45, 7) is 0. The van der Waals surface area contributed by atoms with Crippen molar-refractivity contribution >= 4 is 65.4 Å². The number of hydrogen-bond acceptors (Lipinski definition) is 3. The van der Waals surface area contributed by atoms with Gasteiger partial charge in [-0.3, -0.25) is 4.57 Å². The van der Waals surface area contributed by atoms with Gasteiger partial charge < -0.3 is 4.42 Å². The lowest BCUT2D eigenvalue weighted by Crippen LogP contribution is -2.04. The summed E-state index contributed by atoms with van der Waals surface area (Å²) in [5, 5.41) is 7.94. The number of para-hydroxylation sites is 3. The quantitative estimate of drug-likeness (QED) is 0.207. The number of furan rings is 1. The fourth-order valence-electron chi connectivity index (χ4n) is 7.15. The van der Waals surface area contributed by atoms with E-state index < -0.39 is 0 Å². The molecule has 0 bridgehead atoms. The Morgan fingerprint density at radius 3 is 2.04 bits per heavy atom. The van der Waals surface area contributed by atoms with Gasteiger partial charge in [0.2, 0.25) is 5.95 Å². The summed E-state index contributed by atoms with van der Waals surface area (Å²) in [6, 6.07) is 53.1. The number of aromatic nitrogens is 3. The Morgan fingerprint density at radius 1 is 0.457 bits per heavy atom. The van der Waals surface area contributed by atoms with Gasteiger partial charge in [0, 0.05) is 38.1 Å². The standard InChI is InChI=1S/C42H25N3O/c1-2-12-26(13-3-1)40-32-18-6-9-19-35(32)43-42(44-40)45-36-20-10-7-16-30(36)34-24-27-14-4-5-15-29(27)39(41(34)45)28-22-23-38-33(25-28)31-17-8-11-21-37(31)46-38/h1-25H. The fourth-order valence-corrected chi connectivity index (χ4v) is 7.15. The summed E-state index contributed by atoms with van der Waals surface area (Å²) in [5.74, 6) is 0.648. The molecule has 0 N–H and O–H groups in total. The molecule has 0 unspecified atom stereocenters. The van der Waals surface area contributed by atoms with Crippen LogP contribution in [0.3, 0.4) is 0 Å². The molecule has 4 heteroatoms. The van der Waals surface area contributed by atoms with E-state index in [2.05, 4.69) is 132 Å². The maximum absolute atomic E-state index is 6.23. The van der Waals surface area contributed by atoms with Gasteiger partial charge in [-0.2, -0.15) is 0 Å². The van der Waals surface area contributed by atoms with E-state index >= 15 is 0 Å². The smallest absolute Gasteiger partial charge is 0.235 e. The van der Waals surface area contributed by atoms with Crippen LogP contribution in [0.2, 0.25) is 0 Å². The number of nitrogens with zero attached hydrogens (tertiary/aromatic N) is 3. The number of fused-ring (bicyclic) bond motifs is 8. The van der Waals surface area contributed by atoms with E-state index in [0.29, 0.717) is 5.95 Å². The highest BCUT2D eigenvalue weighted by atomic mass is 16.3. The maximum Gasteiger partial charge on any atom is 0.235 e. The first-order valence-corrected chi connectivity index (χ1v) is 15.5. The van der Waals surface area contributed by atoms with E-state index in [-0.39, 0.29) is 0 Å². The highest BCUT2D eigenvalue weighted by Crippen LogP contribution is 2.44. The molecule has 46 heavy (non-hydrogen) atoms. The van der Waals surface area contributed by atoms with Crippen molar-refractivity contribution in [1.82, 2.24) is 14.5 Å². The fraction of sp³-hybridized carbons (Fsp3) is 0. The molecular weight excluding hydrogens is 562 g/mol. The van der Waals surface area contributed by atoms with Gasteiger partial charge in [-0.05, 0) is 52.7 Å². The van der Waals surface area contributed by atoms with E-state index in [4.69, 9.17) is 14.4 Å². The van der Waals surface area contributed by atoms with Crippen LogP contribution in [0.15, 0.2) is 156 Å². The van der Waals surface area contributed by atoms with E-state index in [9.17, 15) is 0 Å². The van der Waals surface area contributed by atoms with Crippen molar-refractivity contribution in [2.45, 2.75) is 0 Å². The van der Waals surface area contributed by atoms with E-state index in [1.807, 2.05) is 24.3 Å². The van der Waals surface area contributed by atoms with Crippen LogP contribution in [0.1, 0.15) is 0 Å². The summed E-state index contributed by atoms with van der Waals surface area (Å²) in [4.78, 5) is 10.6. The van der Waals surface area contributed by atoms with Crippen molar-refractivity contribution in [2.75, 3.05) is 0 Å². The molecule has 0 aliphatic rings. The molecular formula is C42H25N3O. The minimum absolute atomic E-state index is 0.648. The maximum atomic E-state index is 6.23. The lowest BCUT2D eigenvalue weighted by atomic mass is 9.94. The molecule has 0 aliphatic carbocycles. The van der Waals surface area contributed by atoms with E-state index in [1.165, 1.54) is 16.2 Å². The number of rotatable bonds is 3. The summed E-state index contributed by atoms with van der Waals surface area (Å²) < 4.78 is 8.50. The Balaban J connectivity index is 1.38. The summed E-state index contributed by atoms with van der Waals surface area (Å²) in [5.41, 5.74) is 9.08. The van der Waals surface area contributed by atoms with E-state index in [1.54, 1.807) is 0 Å². The second-order valence-electron chi connectivity index (χ2n) is 11.8. The molecule has 0 saturated carbocycles. The summed E-state index contributed by atoms with van der Waals surface area (Å²) >= 11 is 0. The first kappa shape index (κ1) is 25.1. The molecule has 214 valence electrons. The molecule has 10 rings (SSSR count). The third-order valence-corrected chi connectivity index (χ3v) is 9.18. The van der Waals surface area contributed by atoms with E-state index in [0.717, 1.165) is 71.6 Å². The van der Waals surface area contributed by atoms with Crippen LogP contribution in [0, 0.1) is 0 Å². The van der Waals surface area contributed by atoms with Crippen molar-refractivity contribution in [3.05, 3.63) is 152 Å². The van der Waals surface area contributed by atoms with Crippen LogP contribution < -0.4 is 0 Å². The van der Waals surface area contributed by atoms with Gasteiger partial charge >= 0.3 is 0 Å². The molecule has 0 atom stereocenters. The van der Waals surface area contributed by atoms with Crippen LogP contribution in [0.4, 0.5) is 0 Å². The van der Waals surface area contributed by atoms with Gasteiger partial charge in [-0.1, -0.05) is 115 Å². The SMILES string of the molecule is c1ccc(-c2nc(-n3c4ccccc4c4cc5ccccc5c(-c5ccc6oc7ccccc7c6c5)c43)nc3ccccc23)cc1. The van der Waals surface area contributed by atoms with Crippen LogP contribution in [-0.2, 0) is 0 Å². The molecule has 0 amide bonds. The molecule has 10 aromatic rings. The Morgan fingerprint density at radius 2 is 1.15 bits per heavy atom. The third kappa shape index (κ3) is 3.61. The zero-order chi connectivity index (χ0) is 30.2. The Hall–Kier alpha value is -6.26. The number of benzene rings is 7. The molecule has 3 aromatic heterocycles. The topological polar surface area (TPSA) is 43.9 Å². The normalized spacial score (nSPS) is 11.9. The Kier molecular flexibility index (Phi) is 5.25. The lowest BCUT2D eigenvalue weighted by molar-refractivity contribution is 0.669. The van der Waals surface area contributed by atoms with Crippen LogP contribution in [0.25, 0.3) is 93.8 Å². The van der Waals surface area contributed by atoms with Crippen LogP contribution in [-0.4, -0.2) is 14.5 Å². The Labute approximate surface area is 263 Å². The zero-order valence-corrected chi connectivity index (χ0v) is 24.7. The first-order chi connectivity index (χ1) is 22.8. The monoisotopic (exact) mass is 587 g/mol. The molecule has 0 aliphatic heterocycles. The van der Waals surface area contributed by atoms with Gasteiger partial charge in [-0.15, -0.1) is 0 Å². The lowest BCUT2D eigenvalue weighted by Gasteiger charge is -2.15. The highest BCUT2D eigenvalue weighted by Gasteiger charge is 2.22. The second kappa shape index (κ2) is 9.62. The molecule has 4 nitrogen and oxygen atoms in total. The predicted molar refractivity (Wildman–Crippen MR) is 190 cm³/mol. The van der Waals surface area contributed by atoms with Crippen molar-refractivity contribution in [3.63, 3.8) is 0 Å². The predicted octanol–water partition coefficient (Wildman–Crippen LogP) is 11.1. The molecule has 0 spiro atoms. The van der Waals surface area contributed by atoms with Crippen molar-refractivity contribution in [1.29, 1.82) is 0 Å². The van der Waals surface area contributed by atoms with Crippen LogP contribution in [0.5, 0.6) is 0 Å². The van der Waals surface area contributed by atoms with Gasteiger partial charge in [0.1, 0.15) is 11.2 Å². The van der Waals surface area contributed by atoms with Crippen LogP contribution >= 0.6 is 0 Å². The zero-order valence-electron chi connectivity index (χ0n) is 24.7. The number of hydrogen-bond donors (Lipinski definition) is 0. The minimum Gasteiger partial charge on any atom is -0.456 e. The largest absolute Gasteiger partial charge is 0.456 e. The second-order valence-corrected chi connectivity index (χ2v) is 11.8. The summed E-state index contributed by atoms with van der Waals surface area (Å²) in [7, 11) is 0. The van der Waals surface area contributed by atoms with Gasteiger partial charge in [0.15, 0.2) is 0 Å². The van der Waals surface area contributed by atoms with Crippen molar-refractivity contribution < 1.29 is 4.42 Å². The molecule has 0 saturated heterocycles. The van der Waals surface area contributed by atoms with Crippen molar-refractivity contribution in [2.24, 2.45) is 0 Å². The van der Waals surface area contributed by atoms with Gasteiger partial charge in [0.25, 0.3) is 0 Å². The first-order valence-electron chi connectivity index (χ1n) is 15.5. The minimum atomic E-state index is 0.648. The van der Waals surface area contributed by atoms with Crippen molar-refractivity contribution in [3.8, 4) is 28.3 Å². The molecule has 0 radical (unpaired) electrons. The average molecular weight is 588 g/mol. The molecule has 7 aromatic carbocycles. The Bertz CT molecular complexity index is 2810. The average Bonchev–Trinajstić information content (AvgIpc) is 3.66.